The molecule has 1 aliphatic carbocycles. The Morgan fingerprint density at radius 3 is 3.04 bits per heavy atom. The Morgan fingerprint density at radius 1 is 1.38 bits per heavy atom. The highest BCUT2D eigenvalue weighted by molar-refractivity contribution is 7.18. The van der Waals surface area contributed by atoms with E-state index < -0.39 is 0 Å². The summed E-state index contributed by atoms with van der Waals surface area (Å²) < 4.78 is 1.73. The molecule has 1 aliphatic rings. The molecule has 4 nitrogen and oxygen atoms in total. The predicted molar refractivity (Wildman–Crippen MR) is 98.5 cm³/mol. The summed E-state index contributed by atoms with van der Waals surface area (Å²) in [6.07, 6.45) is 4.86. The highest BCUT2D eigenvalue weighted by Crippen LogP contribution is 2.34. The lowest BCUT2D eigenvalue weighted by atomic mass is 10.1. The number of benzene rings is 1. The second kappa shape index (κ2) is 6.15. The molecule has 1 unspecified atom stereocenters. The van der Waals surface area contributed by atoms with Crippen molar-refractivity contribution in [3.8, 4) is 0 Å². The number of thiophene rings is 1. The number of rotatable bonds is 4. The molecule has 0 saturated heterocycles. The molecule has 0 saturated carbocycles. The first-order valence-corrected chi connectivity index (χ1v) is 9.25. The fourth-order valence-electron chi connectivity index (χ4n) is 3.62. The molecule has 5 heteroatoms. The van der Waals surface area contributed by atoms with Crippen molar-refractivity contribution >= 4 is 21.6 Å². The van der Waals surface area contributed by atoms with Crippen molar-refractivity contribution in [2.24, 2.45) is 0 Å². The number of aromatic nitrogens is 2. The minimum Gasteiger partial charge on any atom is -0.285 e. The molecule has 24 heavy (non-hydrogen) atoms. The summed E-state index contributed by atoms with van der Waals surface area (Å²) in [5.41, 5.74) is 2.89. The van der Waals surface area contributed by atoms with Gasteiger partial charge in [0.15, 0.2) is 0 Å². The first-order chi connectivity index (χ1) is 11.7. The van der Waals surface area contributed by atoms with Gasteiger partial charge in [-0.2, -0.15) is 0 Å². The Bertz CT molecular complexity index is 943. The van der Waals surface area contributed by atoms with Crippen molar-refractivity contribution < 1.29 is 0 Å². The smallest absolute Gasteiger partial charge is 0.263 e. The van der Waals surface area contributed by atoms with E-state index in [1.807, 2.05) is 6.07 Å². The van der Waals surface area contributed by atoms with Gasteiger partial charge >= 0.3 is 0 Å². The Labute approximate surface area is 145 Å². The van der Waals surface area contributed by atoms with E-state index in [1.165, 1.54) is 16.0 Å². The van der Waals surface area contributed by atoms with Gasteiger partial charge < -0.3 is 0 Å². The molecule has 1 aromatic carbocycles. The van der Waals surface area contributed by atoms with Gasteiger partial charge in [0.25, 0.3) is 5.56 Å². The predicted octanol–water partition coefficient (Wildman–Crippen LogP) is 3.60. The molecule has 2 aromatic heterocycles. The summed E-state index contributed by atoms with van der Waals surface area (Å²) in [5.74, 6) is 0. The van der Waals surface area contributed by atoms with Crippen molar-refractivity contribution in [3.63, 3.8) is 0 Å². The van der Waals surface area contributed by atoms with Crippen LogP contribution < -0.4 is 5.56 Å². The molecule has 4 rings (SSSR count). The first-order valence-electron chi connectivity index (χ1n) is 8.43. The van der Waals surface area contributed by atoms with Crippen molar-refractivity contribution in [3.05, 3.63) is 63.0 Å². The van der Waals surface area contributed by atoms with Crippen LogP contribution in [0, 0.1) is 0 Å². The van der Waals surface area contributed by atoms with E-state index in [-0.39, 0.29) is 5.56 Å². The maximum absolute atomic E-state index is 12.8. The molecule has 0 bridgehead atoms. The molecule has 124 valence electrons. The Hall–Kier alpha value is -1.98. The summed E-state index contributed by atoms with van der Waals surface area (Å²) >= 11 is 1.62. The summed E-state index contributed by atoms with van der Waals surface area (Å²) in [7, 11) is 2.09. The molecule has 0 fully saturated rings. The van der Waals surface area contributed by atoms with Crippen molar-refractivity contribution in [2.45, 2.75) is 38.9 Å². The summed E-state index contributed by atoms with van der Waals surface area (Å²) in [6.45, 7) is 2.67. The SMILES string of the molecule is CCc1cc2c(=O)n(CN(C)C3CCc4ccccc43)cnc2s1. The van der Waals surface area contributed by atoms with Crippen LogP contribution in [0.2, 0.25) is 0 Å². The highest BCUT2D eigenvalue weighted by atomic mass is 32.1. The van der Waals surface area contributed by atoms with Crippen LogP contribution in [0.5, 0.6) is 0 Å². The monoisotopic (exact) mass is 339 g/mol. The van der Waals surface area contributed by atoms with Crippen molar-refractivity contribution in [1.82, 2.24) is 14.5 Å². The van der Waals surface area contributed by atoms with Crippen LogP contribution >= 0.6 is 11.3 Å². The van der Waals surface area contributed by atoms with Gasteiger partial charge in [-0.05, 0) is 43.5 Å². The molecule has 0 radical (unpaired) electrons. The molecule has 2 heterocycles. The molecule has 0 spiro atoms. The van der Waals surface area contributed by atoms with Gasteiger partial charge in [0, 0.05) is 10.9 Å². The minimum atomic E-state index is 0.0640. The number of fused-ring (bicyclic) bond motifs is 2. The second-order valence-electron chi connectivity index (χ2n) is 6.46. The van der Waals surface area contributed by atoms with E-state index in [9.17, 15) is 4.79 Å². The zero-order valence-corrected chi connectivity index (χ0v) is 14.8. The fourth-order valence-corrected chi connectivity index (χ4v) is 4.54. The maximum Gasteiger partial charge on any atom is 0.263 e. The minimum absolute atomic E-state index is 0.0640. The lowest BCUT2D eigenvalue weighted by molar-refractivity contribution is 0.190. The van der Waals surface area contributed by atoms with E-state index in [2.05, 4.69) is 48.1 Å². The first kappa shape index (κ1) is 15.5. The van der Waals surface area contributed by atoms with Crippen LogP contribution in [-0.2, 0) is 19.5 Å². The van der Waals surface area contributed by atoms with Gasteiger partial charge in [-0.25, -0.2) is 4.98 Å². The lowest BCUT2D eigenvalue weighted by Crippen LogP contribution is -2.31. The topological polar surface area (TPSA) is 38.1 Å². The number of hydrogen-bond acceptors (Lipinski definition) is 4. The van der Waals surface area contributed by atoms with Crippen LogP contribution in [0.4, 0.5) is 0 Å². The molecule has 0 N–H and O–H groups in total. The Kier molecular flexibility index (Phi) is 3.98. The number of nitrogens with zero attached hydrogens (tertiary/aromatic N) is 3. The Morgan fingerprint density at radius 2 is 2.21 bits per heavy atom. The van der Waals surface area contributed by atoms with Crippen LogP contribution in [0.15, 0.2) is 41.5 Å². The average Bonchev–Trinajstić information content (AvgIpc) is 3.21. The fraction of sp³-hybridized carbons (Fsp3) is 0.368. The van der Waals surface area contributed by atoms with Gasteiger partial charge in [-0.15, -0.1) is 11.3 Å². The molecule has 3 aromatic rings. The van der Waals surface area contributed by atoms with E-state index in [0.717, 1.165) is 29.5 Å². The third-order valence-electron chi connectivity index (χ3n) is 4.93. The van der Waals surface area contributed by atoms with E-state index >= 15 is 0 Å². The van der Waals surface area contributed by atoms with Gasteiger partial charge in [0.05, 0.1) is 12.1 Å². The largest absolute Gasteiger partial charge is 0.285 e. The third-order valence-corrected chi connectivity index (χ3v) is 6.11. The van der Waals surface area contributed by atoms with Gasteiger partial charge in [-0.3, -0.25) is 14.3 Å². The van der Waals surface area contributed by atoms with E-state index in [4.69, 9.17) is 0 Å². The average molecular weight is 339 g/mol. The van der Waals surface area contributed by atoms with Gasteiger partial charge in [-0.1, -0.05) is 31.2 Å². The third kappa shape index (κ3) is 2.58. The maximum atomic E-state index is 12.8. The number of hydrogen-bond donors (Lipinski definition) is 0. The summed E-state index contributed by atoms with van der Waals surface area (Å²) in [4.78, 5) is 21.6. The van der Waals surface area contributed by atoms with E-state index in [0.29, 0.717) is 12.7 Å². The molecule has 0 amide bonds. The zero-order chi connectivity index (χ0) is 16.7. The van der Waals surface area contributed by atoms with Crippen LogP contribution in [-0.4, -0.2) is 21.5 Å². The molecular formula is C19H21N3OS. The normalized spacial score (nSPS) is 16.9. The van der Waals surface area contributed by atoms with Crippen LogP contribution in [0.25, 0.3) is 10.2 Å². The zero-order valence-electron chi connectivity index (χ0n) is 14.0. The van der Waals surface area contributed by atoms with Crippen molar-refractivity contribution in [1.29, 1.82) is 0 Å². The van der Waals surface area contributed by atoms with Crippen molar-refractivity contribution in [2.75, 3.05) is 7.05 Å². The van der Waals surface area contributed by atoms with Crippen LogP contribution in [0.3, 0.4) is 0 Å². The second-order valence-corrected chi connectivity index (χ2v) is 7.57. The quantitative estimate of drug-likeness (QED) is 0.729. The lowest BCUT2D eigenvalue weighted by Gasteiger charge is -2.25. The molecule has 0 aliphatic heterocycles. The summed E-state index contributed by atoms with van der Waals surface area (Å²) in [5, 5.41) is 0.750. The molecule has 1 atom stereocenters. The Balaban J connectivity index is 1.63. The van der Waals surface area contributed by atoms with Gasteiger partial charge in [0.2, 0.25) is 0 Å². The summed E-state index contributed by atoms with van der Waals surface area (Å²) in [6, 6.07) is 11.0. The van der Waals surface area contributed by atoms with Crippen LogP contribution in [0.1, 0.15) is 35.4 Å². The highest BCUT2D eigenvalue weighted by Gasteiger charge is 2.25. The molecular weight excluding hydrogens is 318 g/mol. The standard InChI is InChI=1S/C19H21N3OS/c1-3-14-10-16-18(24-14)20-11-22(19(16)23)12-21(2)17-9-8-13-6-4-5-7-15(13)17/h4-7,10-11,17H,3,8-9,12H2,1-2H3. The van der Waals surface area contributed by atoms with E-state index in [1.54, 1.807) is 22.2 Å². The number of aryl methyl sites for hydroxylation is 2. The van der Waals surface area contributed by atoms with Gasteiger partial charge in [0.1, 0.15) is 11.2 Å².